The smallest absolute Gasteiger partial charge is 0.0553 e. The summed E-state index contributed by atoms with van der Waals surface area (Å²) in [5, 5.41) is 7.68. The van der Waals surface area contributed by atoms with Gasteiger partial charge in [0, 0.05) is 28.9 Å². The molecule has 0 saturated heterocycles. The summed E-state index contributed by atoms with van der Waals surface area (Å²) >= 11 is 0. The molecule has 256 valence electrons. The number of aromatic nitrogens is 2. The largest absolute Gasteiger partial charge is 0.309 e. The maximum atomic E-state index is 4.33. The minimum atomic E-state index is 1.12. The van der Waals surface area contributed by atoms with E-state index in [2.05, 4.69) is 198 Å². The molecule has 2 nitrogen and oxygen atoms in total. The fourth-order valence-electron chi connectivity index (χ4n) is 8.55. The Balaban J connectivity index is 1.04. The van der Waals surface area contributed by atoms with Crippen molar-refractivity contribution in [3.63, 3.8) is 0 Å². The SMILES string of the molecule is c1ccc(-n2c3cccc4ccc5cc(-c6ccc(-c7cc(-c8ccc(-c9cccnc9)cc8)cc(-c8cccc9ccccc89)c7)cc6)cc2c5c43)cc1. The highest BCUT2D eigenvalue weighted by molar-refractivity contribution is 6.25. The van der Waals surface area contributed by atoms with Crippen LogP contribution < -0.4 is 0 Å². The van der Waals surface area contributed by atoms with E-state index in [9.17, 15) is 0 Å². The van der Waals surface area contributed by atoms with Gasteiger partial charge in [-0.15, -0.1) is 0 Å². The van der Waals surface area contributed by atoms with E-state index >= 15 is 0 Å². The lowest BCUT2D eigenvalue weighted by Crippen LogP contribution is -1.93. The molecule has 0 atom stereocenters. The van der Waals surface area contributed by atoms with Gasteiger partial charge in [0.15, 0.2) is 0 Å². The monoisotopic (exact) mass is 698 g/mol. The number of rotatable bonds is 6. The van der Waals surface area contributed by atoms with Gasteiger partial charge in [-0.2, -0.15) is 0 Å². The summed E-state index contributed by atoms with van der Waals surface area (Å²) in [7, 11) is 0. The van der Waals surface area contributed by atoms with Crippen molar-refractivity contribution in [2.24, 2.45) is 0 Å². The van der Waals surface area contributed by atoms with E-state index in [4.69, 9.17) is 0 Å². The van der Waals surface area contributed by atoms with Crippen LogP contribution in [0.3, 0.4) is 0 Å². The van der Waals surface area contributed by atoms with Gasteiger partial charge in [0.1, 0.15) is 0 Å². The molecule has 9 aromatic carbocycles. The van der Waals surface area contributed by atoms with E-state index in [-0.39, 0.29) is 0 Å². The number of hydrogen-bond acceptors (Lipinski definition) is 1. The Bertz CT molecular complexity index is 3150. The molecule has 2 aromatic heterocycles. The molecule has 0 aliphatic rings. The van der Waals surface area contributed by atoms with Crippen molar-refractivity contribution in [2.45, 2.75) is 0 Å². The molecule has 0 amide bonds. The first-order valence-electron chi connectivity index (χ1n) is 18.8. The van der Waals surface area contributed by atoms with Crippen molar-refractivity contribution < 1.29 is 0 Å². The molecule has 0 saturated carbocycles. The number of hydrogen-bond donors (Lipinski definition) is 0. The average molecular weight is 699 g/mol. The highest BCUT2D eigenvalue weighted by atomic mass is 15.0. The molecule has 0 aliphatic carbocycles. The maximum absolute atomic E-state index is 4.33. The molecule has 0 unspecified atom stereocenters. The van der Waals surface area contributed by atoms with Crippen LogP contribution in [0.4, 0.5) is 0 Å². The predicted molar refractivity (Wildman–Crippen MR) is 232 cm³/mol. The first-order valence-corrected chi connectivity index (χ1v) is 18.8. The summed E-state index contributed by atoms with van der Waals surface area (Å²) in [6, 6.07) is 71.0. The van der Waals surface area contributed by atoms with Gasteiger partial charge < -0.3 is 4.57 Å². The van der Waals surface area contributed by atoms with E-state index in [0.29, 0.717) is 0 Å². The second kappa shape index (κ2) is 12.7. The zero-order valence-corrected chi connectivity index (χ0v) is 30.0. The Kier molecular flexibility index (Phi) is 7.21. The Morgan fingerprint density at radius 3 is 1.64 bits per heavy atom. The quantitative estimate of drug-likeness (QED) is 0.158. The molecular weight excluding hydrogens is 665 g/mol. The van der Waals surface area contributed by atoms with Crippen molar-refractivity contribution in [3.05, 3.63) is 207 Å². The van der Waals surface area contributed by atoms with Crippen LogP contribution in [0, 0.1) is 0 Å². The predicted octanol–water partition coefficient (Wildman–Crippen LogP) is 14.3. The van der Waals surface area contributed by atoms with Crippen LogP contribution in [0.5, 0.6) is 0 Å². The summed E-state index contributed by atoms with van der Waals surface area (Å²) in [6.45, 7) is 0. The van der Waals surface area contributed by atoms with Crippen molar-refractivity contribution in [3.8, 4) is 61.3 Å². The van der Waals surface area contributed by atoms with E-state index in [1.165, 1.54) is 93.5 Å². The third-order valence-corrected chi connectivity index (χ3v) is 11.2. The Hall–Kier alpha value is -7.29. The first kappa shape index (κ1) is 31.3. The topological polar surface area (TPSA) is 17.8 Å². The van der Waals surface area contributed by atoms with E-state index in [1.54, 1.807) is 0 Å². The van der Waals surface area contributed by atoms with Crippen molar-refractivity contribution in [2.75, 3.05) is 0 Å². The molecule has 0 radical (unpaired) electrons. The van der Waals surface area contributed by atoms with Gasteiger partial charge in [0.05, 0.1) is 11.0 Å². The van der Waals surface area contributed by atoms with Gasteiger partial charge in [-0.3, -0.25) is 4.98 Å². The number of benzene rings is 9. The fraction of sp³-hybridized carbons (Fsp3) is 0. The Morgan fingerprint density at radius 2 is 0.909 bits per heavy atom. The van der Waals surface area contributed by atoms with Crippen LogP contribution in [-0.4, -0.2) is 9.55 Å². The lowest BCUT2D eigenvalue weighted by Gasteiger charge is -2.14. The number of nitrogens with zero attached hydrogens (tertiary/aromatic N) is 2. The first-order chi connectivity index (χ1) is 27.2. The molecule has 55 heavy (non-hydrogen) atoms. The van der Waals surface area contributed by atoms with Gasteiger partial charge in [0.2, 0.25) is 0 Å². The number of para-hydroxylation sites is 1. The van der Waals surface area contributed by atoms with Crippen LogP contribution >= 0.6 is 0 Å². The Morgan fingerprint density at radius 1 is 0.327 bits per heavy atom. The molecule has 0 fully saturated rings. The number of fused-ring (bicyclic) bond motifs is 1. The lowest BCUT2D eigenvalue weighted by molar-refractivity contribution is 1.18. The van der Waals surface area contributed by atoms with E-state index in [1.807, 2.05) is 18.5 Å². The minimum Gasteiger partial charge on any atom is -0.309 e. The minimum absolute atomic E-state index is 1.12. The second-order valence-electron chi connectivity index (χ2n) is 14.4. The zero-order valence-electron chi connectivity index (χ0n) is 30.0. The molecule has 0 spiro atoms. The van der Waals surface area contributed by atoms with Crippen LogP contribution in [0.2, 0.25) is 0 Å². The standard InChI is InChI=1S/C53H34N2/c1-2-13-47(14-3-1)55-50-17-7-11-40-26-27-41-29-45(33-51(55)53(41)52(40)50)38-24-22-37(23-25-38)44-30-43(36-20-18-35(19-21-36)42-12-8-28-54-34-42)31-46(32-44)49-16-6-10-39-9-4-5-15-48(39)49/h1-34H. The zero-order chi connectivity index (χ0) is 36.3. The van der Waals surface area contributed by atoms with Crippen LogP contribution in [-0.2, 0) is 0 Å². The highest BCUT2D eigenvalue weighted by Crippen LogP contribution is 2.42. The molecule has 11 aromatic rings. The Labute approximate surface area is 319 Å². The molecule has 0 N–H and O–H groups in total. The fourth-order valence-corrected chi connectivity index (χ4v) is 8.55. The summed E-state index contributed by atoms with van der Waals surface area (Å²) in [6.07, 6.45) is 3.73. The summed E-state index contributed by atoms with van der Waals surface area (Å²) in [4.78, 5) is 4.33. The summed E-state index contributed by atoms with van der Waals surface area (Å²) in [5.41, 5.74) is 15.5. The second-order valence-corrected chi connectivity index (χ2v) is 14.4. The van der Waals surface area contributed by atoms with Crippen LogP contribution in [0.15, 0.2) is 207 Å². The lowest BCUT2D eigenvalue weighted by atomic mass is 9.90. The number of pyridine rings is 1. The van der Waals surface area contributed by atoms with Gasteiger partial charge in [0.25, 0.3) is 0 Å². The van der Waals surface area contributed by atoms with E-state index < -0.39 is 0 Å². The van der Waals surface area contributed by atoms with Gasteiger partial charge >= 0.3 is 0 Å². The third-order valence-electron chi connectivity index (χ3n) is 11.2. The van der Waals surface area contributed by atoms with Crippen molar-refractivity contribution >= 4 is 43.4 Å². The van der Waals surface area contributed by atoms with Crippen LogP contribution in [0.1, 0.15) is 0 Å². The molecule has 0 aliphatic heterocycles. The third kappa shape index (κ3) is 5.30. The van der Waals surface area contributed by atoms with Gasteiger partial charge in [-0.25, -0.2) is 0 Å². The average Bonchev–Trinajstić information content (AvgIpc) is 3.61. The molecule has 2 heterocycles. The van der Waals surface area contributed by atoms with Gasteiger partial charge in [-0.05, 0) is 132 Å². The van der Waals surface area contributed by atoms with Gasteiger partial charge in [-0.1, -0.05) is 140 Å². The van der Waals surface area contributed by atoms with Crippen molar-refractivity contribution in [1.29, 1.82) is 0 Å². The highest BCUT2D eigenvalue weighted by Gasteiger charge is 2.18. The summed E-state index contributed by atoms with van der Waals surface area (Å²) in [5.74, 6) is 0. The maximum Gasteiger partial charge on any atom is 0.0553 e. The van der Waals surface area contributed by atoms with E-state index in [0.717, 1.165) is 11.1 Å². The molecular formula is C53H34N2. The molecule has 11 rings (SSSR count). The molecule has 2 heteroatoms. The van der Waals surface area contributed by atoms with Crippen molar-refractivity contribution in [1.82, 2.24) is 9.55 Å². The summed E-state index contributed by atoms with van der Waals surface area (Å²) < 4.78 is 2.42. The van der Waals surface area contributed by atoms with Crippen LogP contribution in [0.25, 0.3) is 105 Å². The normalized spacial score (nSPS) is 11.6. The molecule has 0 bridgehead atoms.